The first-order valence-electron chi connectivity index (χ1n) is 7.23. The molecule has 0 radical (unpaired) electrons. The molecule has 0 amide bonds. The van der Waals surface area contributed by atoms with Crippen molar-refractivity contribution in [3.8, 4) is 0 Å². The number of anilines is 2. The summed E-state index contributed by atoms with van der Waals surface area (Å²) in [4.78, 5) is 16.2. The SMILES string of the molecule is CCOC(=O)c1cc(N)cnc1NCC(CC)(CC)SC. The summed E-state index contributed by atoms with van der Waals surface area (Å²) in [5, 5.41) is 3.29. The average Bonchev–Trinajstić information content (AvgIpc) is 2.50. The van der Waals surface area contributed by atoms with E-state index in [1.165, 1.54) is 0 Å². The molecule has 0 aliphatic rings. The van der Waals surface area contributed by atoms with Gasteiger partial charge in [0.05, 0.1) is 18.5 Å². The van der Waals surface area contributed by atoms with E-state index in [-0.39, 0.29) is 4.75 Å². The van der Waals surface area contributed by atoms with Crippen LogP contribution in [0.25, 0.3) is 0 Å². The number of nitrogen functional groups attached to an aromatic ring is 1. The summed E-state index contributed by atoms with van der Waals surface area (Å²) in [6.07, 6.45) is 5.74. The number of esters is 1. The van der Waals surface area contributed by atoms with Gasteiger partial charge in [-0.2, -0.15) is 11.8 Å². The quantitative estimate of drug-likeness (QED) is 0.718. The van der Waals surface area contributed by atoms with E-state index in [2.05, 4.69) is 30.4 Å². The smallest absolute Gasteiger partial charge is 0.341 e. The number of thioether (sulfide) groups is 1. The van der Waals surface area contributed by atoms with E-state index in [1.54, 1.807) is 19.2 Å². The fourth-order valence-electron chi connectivity index (χ4n) is 2.09. The monoisotopic (exact) mass is 311 g/mol. The van der Waals surface area contributed by atoms with E-state index in [1.807, 2.05) is 11.8 Å². The van der Waals surface area contributed by atoms with Gasteiger partial charge in [-0.15, -0.1) is 0 Å². The summed E-state index contributed by atoms with van der Waals surface area (Å²) in [5.74, 6) is 0.130. The highest BCUT2D eigenvalue weighted by atomic mass is 32.2. The molecule has 1 aromatic heterocycles. The molecule has 1 aromatic rings. The molecule has 0 bridgehead atoms. The molecule has 0 spiro atoms. The van der Waals surface area contributed by atoms with Gasteiger partial charge in [0.1, 0.15) is 11.4 Å². The topological polar surface area (TPSA) is 77.2 Å². The number of carbonyl (C=O) groups is 1. The first kappa shape index (κ1) is 17.6. The van der Waals surface area contributed by atoms with Gasteiger partial charge in [0.25, 0.3) is 0 Å². The average molecular weight is 311 g/mol. The third kappa shape index (κ3) is 4.52. The second kappa shape index (κ2) is 8.12. The highest BCUT2D eigenvalue weighted by Crippen LogP contribution is 2.31. The lowest BCUT2D eigenvalue weighted by Gasteiger charge is -2.30. The van der Waals surface area contributed by atoms with E-state index >= 15 is 0 Å². The number of aromatic nitrogens is 1. The van der Waals surface area contributed by atoms with E-state index in [0.717, 1.165) is 19.4 Å². The van der Waals surface area contributed by atoms with Crippen LogP contribution in [-0.2, 0) is 4.74 Å². The van der Waals surface area contributed by atoms with E-state index < -0.39 is 5.97 Å². The van der Waals surface area contributed by atoms with Crippen molar-refractivity contribution in [1.29, 1.82) is 0 Å². The van der Waals surface area contributed by atoms with Gasteiger partial charge in [0.15, 0.2) is 0 Å². The molecule has 1 heterocycles. The van der Waals surface area contributed by atoms with Crippen molar-refractivity contribution in [2.75, 3.05) is 30.5 Å². The van der Waals surface area contributed by atoms with Crippen molar-refractivity contribution in [3.63, 3.8) is 0 Å². The molecule has 5 nitrogen and oxygen atoms in total. The summed E-state index contributed by atoms with van der Waals surface area (Å²) in [5.41, 5.74) is 6.56. The molecule has 0 atom stereocenters. The predicted molar refractivity (Wildman–Crippen MR) is 89.9 cm³/mol. The van der Waals surface area contributed by atoms with Crippen LogP contribution in [0.5, 0.6) is 0 Å². The van der Waals surface area contributed by atoms with Crippen LogP contribution in [0.2, 0.25) is 0 Å². The molecular formula is C15H25N3O2S. The molecule has 0 aromatic carbocycles. The lowest BCUT2D eigenvalue weighted by atomic mass is 10.0. The van der Waals surface area contributed by atoms with E-state index in [9.17, 15) is 4.79 Å². The fourth-order valence-corrected chi connectivity index (χ4v) is 2.89. The first-order valence-corrected chi connectivity index (χ1v) is 8.46. The van der Waals surface area contributed by atoms with Crippen LogP contribution in [0.4, 0.5) is 11.5 Å². The molecule has 3 N–H and O–H groups in total. The number of pyridine rings is 1. The Morgan fingerprint density at radius 2 is 2.10 bits per heavy atom. The Labute approximate surface area is 131 Å². The molecule has 0 fully saturated rings. The third-order valence-electron chi connectivity index (χ3n) is 3.70. The lowest BCUT2D eigenvalue weighted by Crippen LogP contribution is -2.32. The number of nitrogens with one attached hydrogen (secondary N) is 1. The number of carbonyl (C=O) groups excluding carboxylic acids is 1. The maximum atomic E-state index is 12.0. The van der Waals surface area contributed by atoms with Gasteiger partial charge in [-0.1, -0.05) is 13.8 Å². The van der Waals surface area contributed by atoms with E-state index in [0.29, 0.717) is 23.7 Å². The van der Waals surface area contributed by atoms with Gasteiger partial charge in [-0.05, 0) is 32.1 Å². The zero-order valence-electron chi connectivity index (χ0n) is 13.2. The number of nitrogens with zero attached hydrogens (tertiary/aromatic N) is 1. The molecule has 0 unspecified atom stereocenters. The Morgan fingerprint density at radius 3 is 2.62 bits per heavy atom. The van der Waals surface area contributed by atoms with Crippen molar-refractivity contribution >= 4 is 29.2 Å². The maximum Gasteiger partial charge on any atom is 0.341 e. The van der Waals surface area contributed by atoms with E-state index in [4.69, 9.17) is 10.5 Å². The molecule has 21 heavy (non-hydrogen) atoms. The van der Waals surface area contributed by atoms with Crippen molar-refractivity contribution in [2.45, 2.75) is 38.4 Å². The zero-order chi connectivity index (χ0) is 15.9. The van der Waals surface area contributed by atoms with Crippen molar-refractivity contribution < 1.29 is 9.53 Å². The lowest BCUT2D eigenvalue weighted by molar-refractivity contribution is 0.0527. The summed E-state index contributed by atoms with van der Waals surface area (Å²) in [6.45, 7) is 7.18. The largest absolute Gasteiger partial charge is 0.462 e. The Kier molecular flexibility index (Phi) is 6.81. The molecule has 1 rings (SSSR count). The van der Waals surface area contributed by atoms with Crippen LogP contribution in [0.3, 0.4) is 0 Å². The minimum atomic E-state index is -0.400. The van der Waals surface area contributed by atoms with Gasteiger partial charge in [-0.3, -0.25) is 0 Å². The molecule has 0 aliphatic carbocycles. The predicted octanol–water partition coefficient (Wildman–Crippen LogP) is 3.17. The molecule has 0 saturated carbocycles. The third-order valence-corrected chi connectivity index (χ3v) is 5.29. The minimum Gasteiger partial charge on any atom is -0.462 e. The maximum absolute atomic E-state index is 12.0. The van der Waals surface area contributed by atoms with Crippen LogP contribution in [0.15, 0.2) is 12.3 Å². The normalized spacial score (nSPS) is 11.2. The van der Waals surface area contributed by atoms with Crippen LogP contribution < -0.4 is 11.1 Å². The van der Waals surface area contributed by atoms with Crippen molar-refractivity contribution in [2.24, 2.45) is 0 Å². The Hall–Kier alpha value is -1.43. The molecule has 0 aliphatic heterocycles. The van der Waals surface area contributed by atoms with Gasteiger partial charge < -0.3 is 15.8 Å². The number of hydrogen-bond donors (Lipinski definition) is 2. The summed E-state index contributed by atoms with van der Waals surface area (Å²) >= 11 is 1.83. The number of rotatable bonds is 8. The fraction of sp³-hybridized carbons (Fsp3) is 0.600. The van der Waals surface area contributed by atoms with Gasteiger partial charge in [0, 0.05) is 11.3 Å². The van der Waals surface area contributed by atoms with Crippen molar-refractivity contribution in [3.05, 3.63) is 17.8 Å². The van der Waals surface area contributed by atoms with Crippen LogP contribution in [-0.4, -0.2) is 35.1 Å². The Balaban J connectivity index is 2.95. The van der Waals surface area contributed by atoms with Crippen molar-refractivity contribution in [1.82, 2.24) is 4.98 Å². The number of ether oxygens (including phenoxy) is 1. The first-order chi connectivity index (χ1) is 10.0. The number of nitrogens with two attached hydrogens (primary N) is 1. The summed E-state index contributed by atoms with van der Waals surface area (Å²) < 4.78 is 5.19. The standard InChI is InChI=1S/C15H25N3O2S/c1-5-15(6-2,21-4)10-18-13-12(14(19)20-7-3)8-11(16)9-17-13/h8-9H,5-7,10,16H2,1-4H3,(H,17,18). The molecule has 6 heteroatoms. The minimum absolute atomic E-state index is 0.134. The highest BCUT2D eigenvalue weighted by molar-refractivity contribution is 8.00. The molecular weight excluding hydrogens is 286 g/mol. The Bertz CT molecular complexity index is 468. The van der Waals surface area contributed by atoms with Crippen LogP contribution in [0, 0.1) is 0 Å². The second-order valence-electron chi connectivity index (χ2n) is 4.83. The number of hydrogen-bond acceptors (Lipinski definition) is 6. The zero-order valence-corrected chi connectivity index (χ0v) is 14.0. The second-order valence-corrected chi connectivity index (χ2v) is 6.11. The molecule has 0 saturated heterocycles. The van der Waals surface area contributed by atoms with Gasteiger partial charge >= 0.3 is 5.97 Å². The van der Waals surface area contributed by atoms with Gasteiger partial charge in [-0.25, -0.2) is 9.78 Å². The molecule has 118 valence electrons. The summed E-state index contributed by atoms with van der Waals surface area (Å²) in [6, 6.07) is 1.60. The highest BCUT2D eigenvalue weighted by Gasteiger charge is 2.25. The van der Waals surface area contributed by atoms with Gasteiger partial charge in [0.2, 0.25) is 0 Å². The summed E-state index contributed by atoms with van der Waals surface area (Å²) in [7, 11) is 0. The Morgan fingerprint density at radius 1 is 1.43 bits per heavy atom. The van der Waals surface area contributed by atoms with Crippen LogP contribution >= 0.6 is 11.8 Å². The van der Waals surface area contributed by atoms with Crippen LogP contribution in [0.1, 0.15) is 44.0 Å².